The van der Waals surface area contributed by atoms with Gasteiger partial charge in [-0.05, 0) is 44.2 Å². The lowest BCUT2D eigenvalue weighted by Gasteiger charge is -2.12. The van der Waals surface area contributed by atoms with Gasteiger partial charge in [0, 0.05) is 16.7 Å². The zero-order valence-corrected chi connectivity index (χ0v) is 12.6. The normalized spacial score (nSPS) is 10.9. The van der Waals surface area contributed by atoms with Gasteiger partial charge in [-0.1, -0.05) is 28.9 Å². The van der Waals surface area contributed by atoms with Crippen molar-refractivity contribution in [1.82, 2.24) is 15.1 Å². The summed E-state index contributed by atoms with van der Waals surface area (Å²) in [4.78, 5) is 0. The first-order valence-corrected chi connectivity index (χ1v) is 6.94. The van der Waals surface area contributed by atoms with Gasteiger partial charge < -0.3 is 5.32 Å². The zero-order chi connectivity index (χ0) is 13.1. The summed E-state index contributed by atoms with van der Waals surface area (Å²) < 4.78 is 3.08. The Morgan fingerprint density at radius 3 is 2.67 bits per heavy atom. The average molecular weight is 308 g/mol. The topological polar surface area (TPSA) is 29.9 Å². The Balaban J connectivity index is 2.47. The third-order valence-electron chi connectivity index (χ3n) is 2.85. The van der Waals surface area contributed by atoms with Gasteiger partial charge in [-0.25, -0.2) is 4.68 Å². The van der Waals surface area contributed by atoms with Crippen LogP contribution in [0.1, 0.15) is 23.9 Å². The molecule has 0 spiro atoms. The number of hydrogen-bond donors (Lipinski definition) is 1. The summed E-state index contributed by atoms with van der Waals surface area (Å²) in [5, 5.41) is 7.92. The molecular formula is C14H18BrN3. The van der Waals surface area contributed by atoms with E-state index in [4.69, 9.17) is 0 Å². The van der Waals surface area contributed by atoms with Crippen molar-refractivity contribution < 1.29 is 0 Å². The fourth-order valence-electron chi connectivity index (χ4n) is 2.02. The summed E-state index contributed by atoms with van der Waals surface area (Å²) in [7, 11) is 0. The molecule has 0 aliphatic carbocycles. The van der Waals surface area contributed by atoms with E-state index in [-0.39, 0.29) is 0 Å². The summed E-state index contributed by atoms with van der Waals surface area (Å²) in [5.74, 6) is 0. The van der Waals surface area contributed by atoms with E-state index in [0.29, 0.717) is 0 Å². The second-order valence-corrected chi connectivity index (χ2v) is 5.31. The predicted molar refractivity (Wildman–Crippen MR) is 78.1 cm³/mol. The molecule has 0 fully saturated rings. The zero-order valence-electron chi connectivity index (χ0n) is 11.0. The van der Waals surface area contributed by atoms with Crippen molar-refractivity contribution in [3.05, 3.63) is 45.7 Å². The van der Waals surface area contributed by atoms with Crippen molar-refractivity contribution in [3.8, 4) is 5.69 Å². The van der Waals surface area contributed by atoms with E-state index in [9.17, 15) is 0 Å². The Labute approximate surface area is 116 Å². The highest BCUT2D eigenvalue weighted by Crippen LogP contribution is 2.22. The highest BCUT2D eigenvalue weighted by atomic mass is 79.9. The molecule has 2 aromatic rings. The van der Waals surface area contributed by atoms with Gasteiger partial charge in [-0.15, -0.1) is 0 Å². The van der Waals surface area contributed by atoms with Gasteiger partial charge in [0.2, 0.25) is 0 Å². The van der Waals surface area contributed by atoms with Gasteiger partial charge in [-0.3, -0.25) is 0 Å². The fraction of sp³-hybridized carbons (Fsp3) is 0.357. The van der Waals surface area contributed by atoms with Gasteiger partial charge in [0.25, 0.3) is 0 Å². The van der Waals surface area contributed by atoms with E-state index in [1.165, 1.54) is 5.56 Å². The Morgan fingerprint density at radius 1 is 1.28 bits per heavy atom. The molecule has 0 saturated carbocycles. The van der Waals surface area contributed by atoms with E-state index in [1.807, 2.05) is 11.6 Å². The summed E-state index contributed by atoms with van der Waals surface area (Å²) in [5.41, 5.74) is 4.59. The van der Waals surface area contributed by atoms with Crippen molar-refractivity contribution >= 4 is 15.9 Å². The number of hydrogen-bond acceptors (Lipinski definition) is 2. The minimum atomic E-state index is 0.859. The van der Waals surface area contributed by atoms with Crippen LogP contribution in [0.2, 0.25) is 0 Å². The Kier molecular flexibility index (Phi) is 4.19. The standard InChI is InChI=1S/C14H18BrN3/c1-4-16-9-12-5-6-13(15)8-14(12)18-11(3)7-10(2)17-18/h5-8,16H,4,9H2,1-3H3. The summed E-state index contributed by atoms with van der Waals surface area (Å²) in [6.07, 6.45) is 0. The maximum atomic E-state index is 4.56. The largest absolute Gasteiger partial charge is 0.313 e. The molecule has 1 N–H and O–H groups in total. The van der Waals surface area contributed by atoms with Crippen molar-refractivity contribution in [2.24, 2.45) is 0 Å². The number of halogens is 1. The molecule has 4 heteroatoms. The first-order valence-electron chi connectivity index (χ1n) is 6.14. The lowest BCUT2D eigenvalue weighted by molar-refractivity contribution is 0.713. The van der Waals surface area contributed by atoms with E-state index >= 15 is 0 Å². The average Bonchev–Trinajstić information content (AvgIpc) is 2.67. The van der Waals surface area contributed by atoms with E-state index in [2.05, 4.69) is 64.5 Å². The van der Waals surface area contributed by atoms with E-state index < -0.39 is 0 Å². The molecule has 1 heterocycles. The lowest BCUT2D eigenvalue weighted by atomic mass is 10.1. The van der Waals surface area contributed by atoms with Crippen LogP contribution in [0.3, 0.4) is 0 Å². The van der Waals surface area contributed by atoms with Gasteiger partial charge in [-0.2, -0.15) is 5.10 Å². The van der Waals surface area contributed by atoms with Crippen molar-refractivity contribution in [1.29, 1.82) is 0 Å². The number of nitrogens with one attached hydrogen (secondary N) is 1. The molecule has 0 saturated heterocycles. The Hall–Kier alpha value is -1.13. The number of benzene rings is 1. The summed E-state index contributed by atoms with van der Waals surface area (Å²) >= 11 is 3.53. The fourth-order valence-corrected chi connectivity index (χ4v) is 2.37. The van der Waals surface area contributed by atoms with E-state index in [0.717, 1.165) is 34.6 Å². The van der Waals surface area contributed by atoms with Gasteiger partial charge in [0.05, 0.1) is 11.4 Å². The molecule has 0 atom stereocenters. The van der Waals surface area contributed by atoms with Crippen LogP contribution in [-0.2, 0) is 6.54 Å². The Morgan fingerprint density at radius 2 is 2.06 bits per heavy atom. The smallest absolute Gasteiger partial charge is 0.0704 e. The van der Waals surface area contributed by atoms with Crippen LogP contribution in [0.4, 0.5) is 0 Å². The van der Waals surface area contributed by atoms with Crippen LogP contribution in [-0.4, -0.2) is 16.3 Å². The molecule has 0 radical (unpaired) electrons. The molecule has 1 aromatic carbocycles. The molecule has 0 bridgehead atoms. The molecule has 1 aromatic heterocycles. The number of aromatic nitrogens is 2. The van der Waals surface area contributed by atoms with E-state index in [1.54, 1.807) is 0 Å². The highest BCUT2D eigenvalue weighted by Gasteiger charge is 2.09. The molecule has 0 aliphatic rings. The first kappa shape index (κ1) is 13.3. The van der Waals surface area contributed by atoms with Crippen molar-refractivity contribution in [2.75, 3.05) is 6.54 Å². The molecule has 0 amide bonds. The van der Waals surface area contributed by atoms with Crippen LogP contribution < -0.4 is 5.32 Å². The SMILES string of the molecule is CCNCc1ccc(Br)cc1-n1nc(C)cc1C. The molecule has 0 aliphatic heterocycles. The van der Waals surface area contributed by atoms with Crippen LogP contribution in [0.15, 0.2) is 28.7 Å². The molecule has 3 nitrogen and oxygen atoms in total. The third-order valence-corrected chi connectivity index (χ3v) is 3.34. The minimum Gasteiger partial charge on any atom is -0.313 e. The van der Waals surface area contributed by atoms with Gasteiger partial charge >= 0.3 is 0 Å². The lowest BCUT2D eigenvalue weighted by Crippen LogP contribution is -2.14. The highest BCUT2D eigenvalue weighted by molar-refractivity contribution is 9.10. The summed E-state index contributed by atoms with van der Waals surface area (Å²) in [6, 6.07) is 8.42. The van der Waals surface area contributed by atoms with Crippen LogP contribution >= 0.6 is 15.9 Å². The maximum absolute atomic E-state index is 4.56. The molecule has 0 unspecified atom stereocenters. The third kappa shape index (κ3) is 2.82. The number of aryl methyl sites for hydroxylation is 2. The molecule has 2 rings (SSSR count). The van der Waals surface area contributed by atoms with Crippen LogP contribution in [0.25, 0.3) is 5.69 Å². The van der Waals surface area contributed by atoms with Crippen LogP contribution in [0, 0.1) is 13.8 Å². The second kappa shape index (κ2) is 5.67. The molecule has 18 heavy (non-hydrogen) atoms. The van der Waals surface area contributed by atoms with Gasteiger partial charge in [0.15, 0.2) is 0 Å². The van der Waals surface area contributed by atoms with Crippen molar-refractivity contribution in [2.45, 2.75) is 27.3 Å². The Bertz CT molecular complexity index is 546. The number of nitrogens with zero attached hydrogens (tertiary/aromatic N) is 2. The number of rotatable bonds is 4. The van der Waals surface area contributed by atoms with Gasteiger partial charge in [0.1, 0.15) is 0 Å². The molecule has 96 valence electrons. The quantitative estimate of drug-likeness (QED) is 0.938. The van der Waals surface area contributed by atoms with Crippen LogP contribution in [0.5, 0.6) is 0 Å². The van der Waals surface area contributed by atoms with Crippen molar-refractivity contribution in [3.63, 3.8) is 0 Å². The second-order valence-electron chi connectivity index (χ2n) is 4.39. The predicted octanol–water partition coefficient (Wildman–Crippen LogP) is 3.36. The minimum absolute atomic E-state index is 0.859. The first-order chi connectivity index (χ1) is 8.61. The molecular weight excluding hydrogens is 290 g/mol. The monoisotopic (exact) mass is 307 g/mol. The maximum Gasteiger partial charge on any atom is 0.0704 e. The summed E-state index contributed by atoms with van der Waals surface area (Å²) in [6.45, 7) is 8.04.